The van der Waals surface area contributed by atoms with Crippen LogP contribution in [0, 0.1) is 23.2 Å². The summed E-state index contributed by atoms with van der Waals surface area (Å²) in [6.45, 7) is 2.59. The predicted molar refractivity (Wildman–Crippen MR) is 104 cm³/mol. The van der Waals surface area contributed by atoms with Crippen molar-refractivity contribution in [3.05, 3.63) is 35.6 Å². The second-order valence-electron chi connectivity index (χ2n) is 9.31. The van der Waals surface area contributed by atoms with Crippen molar-refractivity contribution < 1.29 is 13.9 Å². The van der Waals surface area contributed by atoms with Crippen molar-refractivity contribution in [2.45, 2.75) is 58.1 Å². The Morgan fingerprint density at radius 2 is 1.81 bits per heavy atom. The first-order chi connectivity index (χ1) is 13.1. The molecule has 4 fully saturated rings. The van der Waals surface area contributed by atoms with Crippen molar-refractivity contribution in [1.82, 2.24) is 5.32 Å². The van der Waals surface area contributed by atoms with Gasteiger partial charge >= 0.3 is 0 Å². The molecule has 4 saturated carbocycles. The second-order valence-corrected chi connectivity index (χ2v) is 9.31. The Morgan fingerprint density at radius 1 is 1.19 bits per heavy atom. The Hall–Kier alpha value is -1.81. The van der Waals surface area contributed by atoms with Gasteiger partial charge in [-0.2, -0.15) is 0 Å². The van der Waals surface area contributed by atoms with Crippen LogP contribution in [0.1, 0.15) is 61.6 Å². The van der Waals surface area contributed by atoms with E-state index in [0.29, 0.717) is 12.4 Å². The van der Waals surface area contributed by atoms with Crippen LogP contribution in [0.5, 0.6) is 0 Å². The third-order valence-corrected chi connectivity index (χ3v) is 7.54. The minimum absolute atomic E-state index is 0.0958. The molecule has 6 rings (SSSR count). The Kier molecular flexibility index (Phi) is 4.08. The number of ether oxygens (including phenoxy) is 1. The first kappa shape index (κ1) is 17.3. The van der Waals surface area contributed by atoms with E-state index in [2.05, 4.69) is 12.2 Å². The number of methoxy groups -OCH3 is 1. The average Bonchev–Trinajstić information content (AvgIpc) is 3.00. The summed E-state index contributed by atoms with van der Waals surface area (Å²) >= 11 is 0. The zero-order chi connectivity index (χ0) is 18.6. The van der Waals surface area contributed by atoms with E-state index in [9.17, 15) is 4.79 Å². The summed E-state index contributed by atoms with van der Waals surface area (Å²) in [5.41, 5.74) is 1.89. The lowest BCUT2D eigenvalue weighted by molar-refractivity contribution is -0.0688. The van der Waals surface area contributed by atoms with Crippen LogP contribution in [-0.4, -0.2) is 19.1 Å². The zero-order valence-electron chi connectivity index (χ0n) is 16.3. The van der Waals surface area contributed by atoms with Crippen LogP contribution in [0.4, 0.5) is 0 Å². The summed E-state index contributed by atoms with van der Waals surface area (Å²) in [5, 5.41) is 4.29. The first-order valence-electron chi connectivity index (χ1n) is 10.4. The Morgan fingerprint density at radius 3 is 2.44 bits per heavy atom. The summed E-state index contributed by atoms with van der Waals surface area (Å²) in [6, 6.07) is 7.99. The first-order valence-corrected chi connectivity index (χ1v) is 10.4. The molecule has 4 heteroatoms. The number of nitrogens with one attached hydrogen (secondary N) is 1. The van der Waals surface area contributed by atoms with Gasteiger partial charge in [-0.3, -0.25) is 4.79 Å². The number of hydrogen-bond acceptors (Lipinski definition) is 3. The number of para-hydroxylation sites is 1. The van der Waals surface area contributed by atoms with E-state index in [1.807, 2.05) is 24.3 Å². The molecule has 0 saturated heterocycles. The van der Waals surface area contributed by atoms with E-state index >= 15 is 0 Å². The molecular formula is C23H29NO3. The molecule has 1 aromatic heterocycles. The molecule has 1 heterocycles. The van der Waals surface area contributed by atoms with Crippen molar-refractivity contribution in [2.75, 3.05) is 7.11 Å². The van der Waals surface area contributed by atoms with Crippen LogP contribution in [-0.2, 0) is 11.3 Å². The minimum Gasteiger partial charge on any atom is -0.451 e. The number of benzene rings is 1. The smallest absolute Gasteiger partial charge is 0.287 e. The van der Waals surface area contributed by atoms with Gasteiger partial charge in [0.2, 0.25) is 0 Å². The highest BCUT2D eigenvalue weighted by Crippen LogP contribution is 2.61. The maximum Gasteiger partial charge on any atom is 0.287 e. The summed E-state index contributed by atoms with van der Waals surface area (Å²) < 4.78 is 11.3. The Labute approximate surface area is 160 Å². The summed E-state index contributed by atoms with van der Waals surface area (Å²) in [6.07, 6.45) is 8.10. The highest BCUT2D eigenvalue weighted by atomic mass is 16.5. The molecule has 0 spiro atoms. The van der Waals surface area contributed by atoms with Crippen molar-refractivity contribution in [3.63, 3.8) is 0 Å². The minimum atomic E-state index is -0.0958. The van der Waals surface area contributed by atoms with E-state index in [-0.39, 0.29) is 17.4 Å². The monoisotopic (exact) mass is 367 g/mol. The van der Waals surface area contributed by atoms with E-state index in [1.54, 1.807) is 7.11 Å². The highest BCUT2D eigenvalue weighted by molar-refractivity contribution is 5.99. The molecule has 2 aromatic rings. The van der Waals surface area contributed by atoms with Gasteiger partial charge in [0.1, 0.15) is 5.58 Å². The molecule has 1 atom stereocenters. The van der Waals surface area contributed by atoms with E-state index in [1.165, 1.54) is 38.5 Å². The number of hydrogen-bond donors (Lipinski definition) is 1. The molecule has 1 amide bonds. The molecule has 27 heavy (non-hydrogen) atoms. The third-order valence-electron chi connectivity index (χ3n) is 7.54. The number of amides is 1. The molecule has 144 valence electrons. The van der Waals surface area contributed by atoms with Gasteiger partial charge in [0.05, 0.1) is 6.61 Å². The predicted octanol–water partition coefficient (Wildman–Crippen LogP) is 4.91. The number of carbonyl (C=O) groups is 1. The van der Waals surface area contributed by atoms with Gasteiger partial charge in [-0.25, -0.2) is 0 Å². The number of carbonyl (C=O) groups excluding carboxylic acids is 1. The van der Waals surface area contributed by atoms with Crippen molar-refractivity contribution in [2.24, 2.45) is 23.2 Å². The van der Waals surface area contributed by atoms with Crippen molar-refractivity contribution >= 4 is 16.9 Å². The quantitative estimate of drug-likeness (QED) is 0.816. The van der Waals surface area contributed by atoms with Crippen molar-refractivity contribution in [1.29, 1.82) is 0 Å². The molecule has 4 aliphatic rings. The topological polar surface area (TPSA) is 51.5 Å². The number of rotatable bonds is 5. The fourth-order valence-electron chi connectivity index (χ4n) is 6.69. The zero-order valence-corrected chi connectivity index (χ0v) is 16.3. The second kappa shape index (κ2) is 6.37. The van der Waals surface area contributed by atoms with Gasteiger partial charge in [0.25, 0.3) is 5.91 Å². The molecule has 0 unspecified atom stereocenters. The lowest BCUT2D eigenvalue weighted by Gasteiger charge is -2.59. The highest BCUT2D eigenvalue weighted by Gasteiger charge is 2.53. The number of furan rings is 1. The molecule has 4 bridgehead atoms. The molecule has 4 nitrogen and oxygen atoms in total. The van der Waals surface area contributed by atoms with Gasteiger partial charge in [0, 0.05) is 24.1 Å². The third kappa shape index (κ3) is 2.80. The van der Waals surface area contributed by atoms with E-state index in [4.69, 9.17) is 9.15 Å². The fraction of sp³-hybridized carbons (Fsp3) is 0.609. The standard InChI is InChI=1S/C23H29NO3/c1-14(23-10-15-7-16(11-23)9-17(8-15)12-23)24-22(25)21-19(13-26-2)18-5-3-4-6-20(18)27-21/h3-6,14-17H,7-13H2,1-2H3,(H,24,25)/t14-,15?,16?,17?,23?/m1/s1. The van der Waals surface area contributed by atoms with Crippen LogP contribution in [0.3, 0.4) is 0 Å². The molecule has 1 aromatic carbocycles. The SMILES string of the molecule is COCc1c(C(=O)N[C@H](C)C23CC4CC(CC(C4)C2)C3)oc2ccccc12. The lowest BCUT2D eigenvalue weighted by Crippen LogP contribution is -2.55. The molecular weight excluding hydrogens is 338 g/mol. The van der Waals surface area contributed by atoms with Crippen LogP contribution in [0.15, 0.2) is 28.7 Å². The van der Waals surface area contributed by atoms with Gasteiger partial charge in [-0.05, 0) is 74.7 Å². The summed E-state index contributed by atoms with van der Waals surface area (Å²) in [5.74, 6) is 2.96. The maximum atomic E-state index is 13.2. The van der Waals surface area contributed by atoms with Gasteiger partial charge in [-0.15, -0.1) is 0 Å². The largest absolute Gasteiger partial charge is 0.451 e. The number of fused-ring (bicyclic) bond motifs is 1. The molecule has 4 aliphatic carbocycles. The fourth-order valence-corrected chi connectivity index (χ4v) is 6.69. The summed E-state index contributed by atoms with van der Waals surface area (Å²) in [7, 11) is 1.65. The summed E-state index contributed by atoms with van der Waals surface area (Å²) in [4.78, 5) is 13.2. The van der Waals surface area contributed by atoms with Gasteiger partial charge < -0.3 is 14.5 Å². The molecule has 0 radical (unpaired) electrons. The Bertz CT molecular complexity index is 832. The lowest BCUT2D eigenvalue weighted by atomic mass is 9.48. The van der Waals surface area contributed by atoms with Crippen LogP contribution in [0.2, 0.25) is 0 Å². The molecule has 0 aliphatic heterocycles. The molecule has 1 N–H and O–H groups in total. The Balaban J connectivity index is 1.41. The normalized spacial score (nSPS) is 32.7. The van der Waals surface area contributed by atoms with E-state index in [0.717, 1.165) is 34.3 Å². The van der Waals surface area contributed by atoms with Gasteiger partial charge in [-0.1, -0.05) is 18.2 Å². The van der Waals surface area contributed by atoms with Crippen LogP contribution < -0.4 is 5.32 Å². The van der Waals surface area contributed by atoms with Crippen LogP contribution in [0.25, 0.3) is 11.0 Å². The van der Waals surface area contributed by atoms with E-state index < -0.39 is 0 Å². The van der Waals surface area contributed by atoms with Crippen molar-refractivity contribution in [3.8, 4) is 0 Å². The average molecular weight is 367 g/mol. The van der Waals surface area contributed by atoms with Gasteiger partial charge in [0.15, 0.2) is 5.76 Å². The van der Waals surface area contributed by atoms with Crippen LogP contribution >= 0.6 is 0 Å². The maximum absolute atomic E-state index is 13.2.